The number of carbonyl (C=O) groups is 1. The van der Waals surface area contributed by atoms with Gasteiger partial charge in [0.05, 0.1) is 6.42 Å². The van der Waals surface area contributed by atoms with E-state index in [1.807, 2.05) is 0 Å². The molecule has 6 nitrogen and oxygen atoms in total. The third kappa shape index (κ3) is 6.01. The highest BCUT2D eigenvalue weighted by molar-refractivity contribution is 7.91. The number of rotatable bonds is 8. The predicted molar refractivity (Wildman–Crippen MR) is 109 cm³/mol. The summed E-state index contributed by atoms with van der Waals surface area (Å²) in [5.41, 5.74) is 0. The van der Waals surface area contributed by atoms with Crippen molar-refractivity contribution in [2.45, 2.75) is 55.6 Å². The lowest BCUT2D eigenvalue weighted by Gasteiger charge is -2.19. The second-order valence-corrected chi connectivity index (χ2v) is 10.8. The molecule has 0 radical (unpaired) electrons. The minimum Gasteiger partial charge on any atom is -0.356 e. The first-order valence-corrected chi connectivity index (χ1v) is 12.4. The van der Waals surface area contributed by atoms with E-state index in [1.165, 1.54) is 50.1 Å². The van der Waals surface area contributed by atoms with Crippen molar-refractivity contribution in [3.63, 3.8) is 0 Å². The molecule has 3 rings (SSSR count). The maximum absolute atomic E-state index is 12.6. The number of likely N-dealkylation sites (tertiary alicyclic amines) is 1. The molecule has 1 N–H and O–H groups in total. The number of carbonyl (C=O) groups excluding carboxylic acids is 1. The van der Waals surface area contributed by atoms with E-state index in [0.717, 1.165) is 30.7 Å². The maximum Gasteiger partial charge on any atom is 0.252 e. The molecular weight excluding hydrogens is 382 g/mol. The molecule has 2 aliphatic heterocycles. The van der Waals surface area contributed by atoms with Crippen LogP contribution < -0.4 is 5.32 Å². The fourth-order valence-corrected chi connectivity index (χ4v) is 6.78. The Morgan fingerprint density at radius 2 is 1.67 bits per heavy atom. The van der Waals surface area contributed by atoms with E-state index in [9.17, 15) is 13.2 Å². The molecule has 2 saturated heterocycles. The van der Waals surface area contributed by atoms with Gasteiger partial charge in [0.15, 0.2) is 0 Å². The minimum atomic E-state index is -3.38. The van der Waals surface area contributed by atoms with E-state index in [-0.39, 0.29) is 12.3 Å². The van der Waals surface area contributed by atoms with Crippen LogP contribution in [0.4, 0.5) is 0 Å². The average Bonchev–Trinajstić information content (AvgIpc) is 3.28. The van der Waals surface area contributed by atoms with Crippen LogP contribution in [0.3, 0.4) is 0 Å². The zero-order chi connectivity index (χ0) is 19.1. The van der Waals surface area contributed by atoms with Crippen LogP contribution in [0.25, 0.3) is 0 Å². The second kappa shape index (κ2) is 10.0. The van der Waals surface area contributed by atoms with Crippen molar-refractivity contribution in [2.75, 3.05) is 39.3 Å². The zero-order valence-corrected chi connectivity index (χ0v) is 17.6. The summed E-state index contributed by atoms with van der Waals surface area (Å²) >= 11 is 1.22. The van der Waals surface area contributed by atoms with Gasteiger partial charge in [-0.25, -0.2) is 8.42 Å². The molecule has 2 aliphatic rings. The van der Waals surface area contributed by atoms with Crippen molar-refractivity contribution in [1.82, 2.24) is 14.5 Å². The van der Waals surface area contributed by atoms with Crippen LogP contribution in [-0.2, 0) is 21.2 Å². The van der Waals surface area contributed by atoms with Crippen LogP contribution in [0.1, 0.15) is 49.8 Å². The van der Waals surface area contributed by atoms with Gasteiger partial charge in [-0.15, -0.1) is 11.3 Å². The molecule has 27 heavy (non-hydrogen) atoms. The quantitative estimate of drug-likeness (QED) is 0.665. The summed E-state index contributed by atoms with van der Waals surface area (Å²) < 4.78 is 27.0. The Hall–Kier alpha value is -0.960. The number of amides is 1. The zero-order valence-electron chi connectivity index (χ0n) is 16.0. The van der Waals surface area contributed by atoms with Crippen molar-refractivity contribution < 1.29 is 13.2 Å². The van der Waals surface area contributed by atoms with Gasteiger partial charge in [0.1, 0.15) is 4.21 Å². The Balaban J connectivity index is 1.40. The van der Waals surface area contributed by atoms with E-state index in [4.69, 9.17) is 0 Å². The lowest BCUT2D eigenvalue weighted by Crippen LogP contribution is -2.31. The third-order valence-electron chi connectivity index (χ3n) is 5.30. The summed E-state index contributed by atoms with van der Waals surface area (Å²) in [6.07, 6.45) is 8.32. The largest absolute Gasteiger partial charge is 0.356 e. The van der Waals surface area contributed by atoms with Crippen molar-refractivity contribution in [3.05, 3.63) is 17.0 Å². The standard InChI is InChI=1S/C19H31N3O3S2/c23-18(20-10-7-13-21-11-3-1-2-4-12-21)16-17-8-9-19(26-17)27(24,25)22-14-5-6-15-22/h8-9H,1-7,10-16H2,(H,20,23). The van der Waals surface area contributed by atoms with Crippen LogP contribution in [0.5, 0.6) is 0 Å². The molecule has 0 unspecified atom stereocenters. The number of sulfonamides is 1. The van der Waals surface area contributed by atoms with Crippen molar-refractivity contribution in [1.29, 1.82) is 0 Å². The van der Waals surface area contributed by atoms with E-state index in [2.05, 4.69) is 10.2 Å². The molecule has 1 aromatic heterocycles. The number of hydrogen-bond acceptors (Lipinski definition) is 5. The summed E-state index contributed by atoms with van der Waals surface area (Å²) in [5, 5.41) is 2.97. The fourth-order valence-electron chi connectivity index (χ4n) is 3.76. The van der Waals surface area contributed by atoms with Gasteiger partial charge in [-0.1, -0.05) is 12.8 Å². The van der Waals surface area contributed by atoms with E-state index >= 15 is 0 Å². The molecular formula is C19H31N3O3S2. The Bertz CT molecular complexity index is 704. The van der Waals surface area contributed by atoms with Crippen LogP contribution in [-0.4, -0.2) is 62.8 Å². The van der Waals surface area contributed by atoms with E-state index in [0.29, 0.717) is 23.8 Å². The van der Waals surface area contributed by atoms with Crippen molar-refractivity contribution >= 4 is 27.3 Å². The lowest BCUT2D eigenvalue weighted by atomic mass is 10.2. The molecule has 0 aliphatic carbocycles. The van der Waals surface area contributed by atoms with Gasteiger partial charge in [0, 0.05) is 24.5 Å². The van der Waals surface area contributed by atoms with Gasteiger partial charge in [0.2, 0.25) is 5.91 Å². The average molecular weight is 414 g/mol. The van der Waals surface area contributed by atoms with E-state index in [1.54, 1.807) is 16.4 Å². The highest BCUT2D eigenvalue weighted by Gasteiger charge is 2.28. The summed E-state index contributed by atoms with van der Waals surface area (Å²) in [6, 6.07) is 3.41. The third-order valence-corrected chi connectivity index (χ3v) is 8.75. The Morgan fingerprint density at radius 3 is 2.37 bits per heavy atom. The van der Waals surface area contributed by atoms with Crippen LogP contribution in [0.2, 0.25) is 0 Å². The van der Waals surface area contributed by atoms with Gasteiger partial charge in [-0.05, 0) is 63.9 Å². The van der Waals surface area contributed by atoms with Gasteiger partial charge < -0.3 is 10.2 Å². The van der Waals surface area contributed by atoms with Crippen molar-refractivity contribution in [2.24, 2.45) is 0 Å². The van der Waals surface area contributed by atoms with Crippen LogP contribution in [0.15, 0.2) is 16.3 Å². The molecule has 2 fully saturated rings. The molecule has 1 amide bonds. The molecule has 0 spiro atoms. The number of nitrogens with one attached hydrogen (secondary N) is 1. The van der Waals surface area contributed by atoms with Gasteiger partial charge in [-0.3, -0.25) is 4.79 Å². The molecule has 8 heteroatoms. The van der Waals surface area contributed by atoms with Gasteiger partial charge in [-0.2, -0.15) is 4.31 Å². The normalized spacial score (nSPS) is 19.9. The topological polar surface area (TPSA) is 69.7 Å². The van der Waals surface area contributed by atoms with Gasteiger partial charge >= 0.3 is 0 Å². The second-order valence-electron chi connectivity index (χ2n) is 7.47. The molecule has 0 aromatic carbocycles. The monoisotopic (exact) mass is 413 g/mol. The number of thiophene rings is 1. The molecule has 1 aromatic rings. The lowest BCUT2D eigenvalue weighted by molar-refractivity contribution is -0.120. The highest BCUT2D eigenvalue weighted by atomic mass is 32.2. The Labute approximate surface area is 167 Å². The van der Waals surface area contributed by atoms with Crippen LogP contribution in [0, 0.1) is 0 Å². The van der Waals surface area contributed by atoms with Crippen molar-refractivity contribution in [3.8, 4) is 0 Å². The number of nitrogens with zero attached hydrogens (tertiary/aromatic N) is 2. The smallest absolute Gasteiger partial charge is 0.252 e. The summed E-state index contributed by atoms with van der Waals surface area (Å²) in [5.74, 6) is -0.0298. The number of hydrogen-bond donors (Lipinski definition) is 1. The molecule has 0 bridgehead atoms. The Kier molecular flexibility index (Phi) is 7.69. The summed E-state index contributed by atoms with van der Waals surface area (Å²) in [7, 11) is -3.38. The molecule has 0 saturated carbocycles. The molecule has 3 heterocycles. The first-order chi connectivity index (χ1) is 13.1. The SMILES string of the molecule is O=C(Cc1ccc(S(=O)(=O)N2CCCC2)s1)NCCCN1CCCCCC1. The Morgan fingerprint density at radius 1 is 1.00 bits per heavy atom. The van der Waals surface area contributed by atoms with Crippen LogP contribution >= 0.6 is 11.3 Å². The predicted octanol–water partition coefficient (Wildman–Crippen LogP) is 2.46. The van der Waals surface area contributed by atoms with E-state index < -0.39 is 10.0 Å². The fraction of sp³-hybridized carbons (Fsp3) is 0.737. The summed E-state index contributed by atoms with van der Waals surface area (Å²) in [4.78, 5) is 15.5. The minimum absolute atomic E-state index is 0.0298. The maximum atomic E-state index is 12.6. The molecule has 152 valence electrons. The molecule has 0 atom stereocenters. The summed E-state index contributed by atoms with van der Waals surface area (Å²) in [6.45, 7) is 5.28. The first kappa shape index (κ1) is 20.8. The van der Waals surface area contributed by atoms with Gasteiger partial charge in [0.25, 0.3) is 10.0 Å². The highest BCUT2D eigenvalue weighted by Crippen LogP contribution is 2.27. The first-order valence-electron chi connectivity index (χ1n) is 10.1.